The number of aryl methyl sites for hydroxylation is 3. The van der Waals surface area contributed by atoms with Crippen LogP contribution in [0.5, 0.6) is 0 Å². The molecule has 4 heteroatoms. The number of rotatable bonds is 6. The zero-order valence-electron chi connectivity index (χ0n) is 19.5. The Morgan fingerprint density at radius 1 is 0.938 bits per heavy atom. The molecule has 0 amide bonds. The molecule has 4 nitrogen and oxygen atoms in total. The molecule has 0 saturated heterocycles. The van der Waals surface area contributed by atoms with E-state index in [0.717, 1.165) is 24.4 Å². The predicted octanol–water partition coefficient (Wildman–Crippen LogP) is 6.44. The number of para-hydroxylation sites is 1. The molecule has 1 saturated carbocycles. The van der Waals surface area contributed by atoms with E-state index in [2.05, 4.69) is 84.5 Å². The Morgan fingerprint density at radius 3 is 2.56 bits per heavy atom. The lowest BCUT2D eigenvalue weighted by Crippen LogP contribution is -2.34. The molecule has 0 spiro atoms. The molecule has 2 heterocycles. The number of nitrogens with one attached hydrogen (secondary N) is 2. The Hall–Kier alpha value is -2.85. The molecule has 0 unspecified atom stereocenters. The van der Waals surface area contributed by atoms with Crippen molar-refractivity contribution in [3.63, 3.8) is 0 Å². The van der Waals surface area contributed by atoms with Gasteiger partial charge in [-0.25, -0.2) is 4.98 Å². The van der Waals surface area contributed by atoms with Crippen LogP contribution in [-0.4, -0.2) is 28.7 Å². The summed E-state index contributed by atoms with van der Waals surface area (Å²) in [7, 11) is 0. The molecule has 0 atom stereocenters. The molecule has 2 N–H and O–H groups in total. The van der Waals surface area contributed by atoms with E-state index in [1.165, 1.54) is 70.9 Å². The number of nitrogens with zero attached hydrogens (tertiary/aromatic N) is 2. The van der Waals surface area contributed by atoms with E-state index < -0.39 is 0 Å². The molecule has 1 aliphatic rings. The molecular weight excluding hydrogens is 392 g/mol. The number of fused-ring (bicyclic) bond motifs is 3. The second kappa shape index (κ2) is 8.95. The quantitative estimate of drug-likeness (QED) is 0.349. The van der Waals surface area contributed by atoms with Crippen LogP contribution in [0.15, 0.2) is 48.5 Å². The van der Waals surface area contributed by atoms with Crippen molar-refractivity contribution in [1.29, 1.82) is 0 Å². The van der Waals surface area contributed by atoms with E-state index in [1.54, 1.807) is 0 Å². The molecule has 2 aromatic carbocycles. The topological polar surface area (TPSA) is 41.9 Å². The number of hydrogen-bond donors (Lipinski definition) is 2. The molecule has 0 radical (unpaired) electrons. The van der Waals surface area contributed by atoms with E-state index in [4.69, 9.17) is 4.98 Å². The lowest BCUT2D eigenvalue weighted by Gasteiger charge is -2.23. The molecule has 2 aromatic heterocycles. The summed E-state index contributed by atoms with van der Waals surface area (Å²) < 4.78 is 2.33. The molecule has 0 bridgehead atoms. The summed E-state index contributed by atoms with van der Waals surface area (Å²) in [6.45, 7) is 8.33. The van der Waals surface area contributed by atoms with Gasteiger partial charge in [-0.1, -0.05) is 55.2 Å². The second-order valence-electron chi connectivity index (χ2n) is 9.37. The zero-order valence-corrected chi connectivity index (χ0v) is 19.5. The van der Waals surface area contributed by atoms with Crippen LogP contribution in [0.1, 0.15) is 48.9 Å². The summed E-state index contributed by atoms with van der Waals surface area (Å²) in [6.07, 6.45) is 6.78. The molecule has 1 fully saturated rings. The van der Waals surface area contributed by atoms with Gasteiger partial charge in [0.1, 0.15) is 5.65 Å². The molecule has 1 aliphatic carbocycles. The SMILES string of the molecule is Cc1ccc(-n2c3ccccc3c3c(NCCNC4CCCCC4)cc(C)nc32)c(C)c1. The molecule has 166 valence electrons. The highest BCUT2D eigenvalue weighted by molar-refractivity contribution is 6.13. The van der Waals surface area contributed by atoms with Crippen LogP contribution >= 0.6 is 0 Å². The van der Waals surface area contributed by atoms with Crippen molar-refractivity contribution in [1.82, 2.24) is 14.9 Å². The van der Waals surface area contributed by atoms with Gasteiger partial charge < -0.3 is 10.6 Å². The van der Waals surface area contributed by atoms with Crippen molar-refractivity contribution in [2.24, 2.45) is 0 Å². The molecule has 5 rings (SSSR count). The number of pyridine rings is 1. The highest BCUT2D eigenvalue weighted by atomic mass is 15.1. The number of aromatic nitrogens is 2. The first-order chi connectivity index (χ1) is 15.6. The normalized spacial score (nSPS) is 15.0. The van der Waals surface area contributed by atoms with Gasteiger partial charge in [0.15, 0.2) is 0 Å². The monoisotopic (exact) mass is 426 g/mol. The third kappa shape index (κ3) is 4.00. The van der Waals surface area contributed by atoms with E-state index in [9.17, 15) is 0 Å². The third-order valence-electron chi connectivity index (χ3n) is 6.83. The number of hydrogen-bond acceptors (Lipinski definition) is 3. The van der Waals surface area contributed by atoms with Gasteiger partial charge in [0.2, 0.25) is 0 Å². The number of benzene rings is 2. The van der Waals surface area contributed by atoms with Crippen LogP contribution in [0, 0.1) is 20.8 Å². The van der Waals surface area contributed by atoms with Crippen LogP contribution in [0.25, 0.3) is 27.6 Å². The highest BCUT2D eigenvalue weighted by Gasteiger charge is 2.18. The first-order valence-electron chi connectivity index (χ1n) is 12.1. The summed E-state index contributed by atoms with van der Waals surface area (Å²) in [5.41, 5.74) is 8.19. The third-order valence-corrected chi connectivity index (χ3v) is 6.83. The summed E-state index contributed by atoms with van der Waals surface area (Å²) in [5.74, 6) is 0. The maximum atomic E-state index is 5.02. The van der Waals surface area contributed by atoms with Crippen molar-refractivity contribution >= 4 is 27.6 Å². The zero-order chi connectivity index (χ0) is 22.1. The molecule has 32 heavy (non-hydrogen) atoms. The largest absolute Gasteiger partial charge is 0.383 e. The Bertz CT molecular complexity index is 1250. The van der Waals surface area contributed by atoms with E-state index >= 15 is 0 Å². The predicted molar refractivity (Wildman–Crippen MR) is 136 cm³/mol. The minimum atomic E-state index is 0.691. The Morgan fingerprint density at radius 2 is 1.75 bits per heavy atom. The van der Waals surface area contributed by atoms with Crippen LogP contribution in [0.2, 0.25) is 0 Å². The van der Waals surface area contributed by atoms with E-state index in [-0.39, 0.29) is 0 Å². The Balaban J connectivity index is 1.53. The van der Waals surface area contributed by atoms with Crippen LogP contribution in [0.3, 0.4) is 0 Å². The van der Waals surface area contributed by atoms with Crippen molar-refractivity contribution in [2.45, 2.75) is 58.9 Å². The summed E-state index contributed by atoms with van der Waals surface area (Å²) >= 11 is 0. The van der Waals surface area contributed by atoms with Gasteiger partial charge in [-0.3, -0.25) is 4.57 Å². The van der Waals surface area contributed by atoms with Crippen LogP contribution in [0.4, 0.5) is 5.69 Å². The molecule has 4 aromatic rings. The number of anilines is 1. The fraction of sp³-hybridized carbons (Fsp3) is 0.393. The Kier molecular flexibility index (Phi) is 5.88. The average molecular weight is 427 g/mol. The second-order valence-corrected chi connectivity index (χ2v) is 9.37. The van der Waals surface area contributed by atoms with Crippen molar-refractivity contribution in [2.75, 3.05) is 18.4 Å². The van der Waals surface area contributed by atoms with Gasteiger partial charge >= 0.3 is 0 Å². The standard InChI is InChI=1S/C28H34N4/c1-19-13-14-25(20(2)17-19)32-26-12-8-7-11-23(26)27-24(18-21(3)31-28(27)32)30-16-15-29-22-9-5-4-6-10-22/h7-8,11-14,17-18,22,29H,4-6,9-10,15-16H2,1-3H3,(H,30,31). The smallest absolute Gasteiger partial charge is 0.147 e. The lowest BCUT2D eigenvalue weighted by molar-refractivity contribution is 0.378. The first kappa shape index (κ1) is 21.0. The summed E-state index contributed by atoms with van der Waals surface area (Å²) in [6, 6.07) is 18.2. The van der Waals surface area contributed by atoms with Gasteiger partial charge in [0.25, 0.3) is 0 Å². The average Bonchev–Trinajstić information content (AvgIpc) is 3.11. The van der Waals surface area contributed by atoms with Gasteiger partial charge in [0, 0.05) is 35.9 Å². The van der Waals surface area contributed by atoms with Gasteiger partial charge in [-0.05, 0) is 57.4 Å². The summed E-state index contributed by atoms with van der Waals surface area (Å²) in [4.78, 5) is 5.02. The van der Waals surface area contributed by atoms with Gasteiger partial charge in [-0.15, -0.1) is 0 Å². The maximum Gasteiger partial charge on any atom is 0.147 e. The van der Waals surface area contributed by atoms with Gasteiger partial charge in [-0.2, -0.15) is 0 Å². The fourth-order valence-electron chi connectivity index (χ4n) is 5.30. The fourth-order valence-corrected chi connectivity index (χ4v) is 5.30. The van der Waals surface area contributed by atoms with E-state index in [1.807, 2.05) is 0 Å². The van der Waals surface area contributed by atoms with Gasteiger partial charge in [0.05, 0.1) is 16.6 Å². The van der Waals surface area contributed by atoms with Crippen molar-refractivity contribution in [3.05, 3.63) is 65.4 Å². The Labute approximate surface area is 191 Å². The van der Waals surface area contributed by atoms with Crippen molar-refractivity contribution in [3.8, 4) is 5.69 Å². The maximum absolute atomic E-state index is 5.02. The van der Waals surface area contributed by atoms with Crippen LogP contribution in [-0.2, 0) is 0 Å². The lowest BCUT2D eigenvalue weighted by atomic mass is 9.95. The minimum Gasteiger partial charge on any atom is -0.383 e. The van der Waals surface area contributed by atoms with E-state index in [0.29, 0.717) is 6.04 Å². The highest BCUT2D eigenvalue weighted by Crippen LogP contribution is 2.36. The van der Waals surface area contributed by atoms with Crippen LogP contribution < -0.4 is 10.6 Å². The van der Waals surface area contributed by atoms with Crippen molar-refractivity contribution < 1.29 is 0 Å². The minimum absolute atomic E-state index is 0.691. The molecule has 0 aliphatic heterocycles. The molecular formula is C28H34N4. The summed E-state index contributed by atoms with van der Waals surface area (Å²) in [5, 5.41) is 9.94. The first-order valence-corrected chi connectivity index (χ1v) is 12.1.